The summed E-state index contributed by atoms with van der Waals surface area (Å²) < 4.78 is 45.0. The fraction of sp³-hybridized carbons (Fsp3) is 0.696. The maximum atomic E-state index is 13.7. The van der Waals surface area contributed by atoms with E-state index in [0.29, 0.717) is 17.4 Å². The average Bonchev–Trinajstić information content (AvgIpc) is 3.19. The van der Waals surface area contributed by atoms with E-state index < -0.39 is 17.2 Å². The fourth-order valence-corrected chi connectivity index (χ4v) is 5.44. The molecule has 0 aromatic heterocycles. The number of aliphatic hydroxyl groups excluding tert-OH is 1. The van der Waals surface area contributed by atoms with Crippen molar-refractivity contribution < 1.29 is 27.8 Å². The second kappa shape index (κ2) is 8.28. The molecule has 4 rings (SSSR count). The van der Waals surface area contributed by atoms with Crippen molar-refractivity contribution in [3.63, 3.8) is 0 Å². The van der Waals surface area contributed by atoms with Gasteiger partial charge in [-0.3, -0.25) is 4.79 Å². The summed E-state index contributed by atoms with van der Waals surface area (Å²) in [4.78, 5) is 17.7. The maximum Gasteiger partial charge on any atom is 0.416 e. The minimum Gasteiger partial charge on any atom is -0.473 e. The van der Waals surface area contributed by atoms with E-state index in [2.05, 4.69) is 18.7 Å². The van der Waals surface area contributed by atoms with E-state index in [1.165, 1.54) is 6.07 Å². The van der Waals surface area contributed by atoms with Gasteiger partial charge in [0, 0.05) is 24.7 Å². The van der Waals surface area contributed by atoms with Crippen LogP contribution in [-0.4, -0.2) is 52.8 Å². The lowest BCUT2D eigenvalue weighted by Crippen LogP contribution is -2.49. The molecule has 1 aromatic carbocycles. The third-order valence-electron chi connectivity index (χ3n) is 7.48. The molecule has 1 N–H and O–H groups in total. The number of piperidine rings is 1. The number of halogens is 3. The molecule has 31 heavy (non-hydrogen) atoms. The molecule has 1 amide bonds. The number of rotatable bonds is 3. The Kier molecular flexibility index (Phi) is 5.98. The van der Waals surface area contributed by atoms with Crippen LogP contribution in [0.2, 0.25) is 0 Å². The zero-order valence-electron chi connectivity index (χ0n) is 18.1. The van der Waals surface area contributed by atoms with Crippen LogP contribution in [0.25, 0.3) is 0 Å². The lowest BCUT2D eigenvalue weighted by Gasteiger charge is -2.40. The third-order valence-corrected chi connectivity index (χ3v) is 7.48. The molecule has 5 nitrogen and oxygen atoms in total. The minimum absolute atomic E-state index is 0.0231. The summed E-state index contributed by atoms with van der Waals surface area (Å²) in [6, 6.07) is 3.75. The molecule has 2 atom stereocenters. The first kappa shape index (κ1) is 22.4. The second-order valence-electron chi connectivity index (χ2n) is 9.57. The van der Waals surface area contributed by atoms with Crippen LogP contribution in [0.3, 0.4) is 0 Å². The van der Waals surface area contributed by atoms with Gasteiger partial charge in [0.05, 0.1) is 23.6 Å². The predicted octanol–water partition coefficient (Wildman–Crippen LogP) is 4.04. The number of aliphatic hydroxyl groups is 1. The van der Waals surface area contributed by atoms with Gasteiger partial charge in [-0.1, -0.05) is 13.8 Å². The Morgan fingerprint density at radius 1 is 1.23 bits per heavy atom. The molecule has 1 saturated heterocycles. The number of carbonyl (C=O) groups is 1. The van der Waals surface area contributed by atoms with Crippen molar-refractivity contribution in [2.45, 2.75) is 70.8 Å². The Morgan fingerprint density at radius 2 is 1.94 bits per heavy atom. The van der Waals surface area contributed by atoms with Crippen molar-refractivity contribution in [1.29, 1.82) is 0 Å². The lowest BCUT2D eigenvalue weighted by molar-refractivity contribution is -0.150. The van der Waals surface area contributed by atoms with Gasteiger partial charge in [-0.25, -0.2) is 0 Å². The monoisotopic (exact) mass is 440 g/mol. The molecule has 2 aliphatic heterocycles. The van der Waals surface area contributed by atoms with Crippen molar-refractivity contribution in [3.8, 4) is 5.75 Å². The smallest absolute Gasteiger partial charge is 0.416 e. The van der Waals surface area contributed by atoms with Crippen molar-refractivity contribution in [1.82, 2.24) is 9.80 Å². The summed E-state index contributed by atoms with van der Waals surface area (Å²) in [6.45, 7) is 5.99. The second-order valence-corrected chi connectivity index (χ2v) is 9.57. The normalized spacial score (nSPS) is 28.0. The van der Waals surface area contributed by atoms with Gasteiger partial charge in [-0.05, 0) is 56.2 Å². The van der Waals surface area contributed by atoms with Crippen LogP contribution in [0.1, 0.15) is 57.1 Å². The Labute approximate surface area is 181 Å². The van der Waals surface area contributed by atoms with Gasteiger partial charge in [0.2, 0.25) is 5.91 Å². The van der Waals surface area contributed by atoms with Gasteiger partial charge < -0.3 is 19.6 Å². The Hall–Kier alpha value is -1.80. The first-order valence-corrected chi connectivity index (χ1v) is 11.1. The predicted molar refractivity (Wildman–Crippen MR) is 109 cm³/mol. The Morgan fingerprint density at radius 3 is 2.58 bits per heavy atom. The fourth-order valence-electron chi connectivity index (χ4n) is 5.44. The Bertz CT molecular complexity index is 821. The van der Waals surface area contributed by atoms with Crippen molar-refractivity contribution in [3.05, 3.63) is 29.3 Å². The van der Waals surface area contributed by atoms with Crippen LogP contribution in [0.15, 0.2) is 18.2 Å². The molecule has 1 saturated carbocycles. The van der Waals surface area contributed by atoms with E-state index in [0.717, 1.165) is 57.3 Å². The molecule has 2 fully saturated rings. The van der Waals surface area contributed by atoms with E-state index in [4.69, 9.17) is 4.74 Å². The van der Waals surface area contributed by atoms with Crippen LogP contribution < -0.4 is 4.74 Å². The van der Waals surface area contributed by atoms with Crippen LogP contribution in [0, 0.1) is 11.3 Å². The highest BCUT2D eigenvalue weighted by Crippen LogP contribution is 2.48. The zero-order chi connectivity index (χ0) is 22.4. The molecule has 1 aliphatic carbocycles. The largest absolute Gasteiger partial charge is 0.473 e. The van der Waals surface area contributed by atoms with Gasteiger partial charge in [0.1, 0.15) is 5.75 Å². The molecule has 0 radical (unpaired) electrons. The van der Waals surface area contributed by atoms with Crippen molar-refractivity contribution >= 4 is 5.91 Å². The molecule has 0 bridgehead atoms. The number of hydrogen-bond donors (Lipinski definition) is 1. The Balaban J connectivity index is 1.51. The van der Waals surface area contributed by atoms with E-state index in [9.17, 15) is 23.1 Å². The summed E-state index contributed by atoms with van der Waals surface area (Å²) in [5, 5.41) is 9.80. The summed E-state index contributed by atoms with van der Waals surface area (Å²) in [5.41, 5.74) is -0.868. The maximum absolute atomic E-state index is 13.7. The third kappa shape index (κ3) is 4.29. The van der Waals surface area contributed by atoms with Crippen LogP contribution in [0.5, 0.6) is 5.75 Å². The molecule has 0 spiro atoms. The van der Waals surface area contributed by atoms with Gasteiger partial charge in [-0.15, -0.1) is 0 Å². The number of carbonyl (C=O) groups excluding carboxylic acids is 1. The highest BCUT2D eigenvalue weighted by Gasteiger charge is 2.51. The van der Waals surface area contributed by atoms with E-state index in [-0.39, 0.29) is 31.2 Å². The molecular weight excluding hydrogens is 409 g/mol. The van der Waals surface area contributed by atoms with E-state index in [1.54, 1.807) is 4.90 Å². The van der Waals surface area contributed by atoms with Gasteiger partial charge in [0.15, 0.2) is 6.73 Å². The van der Waals surface area contributed by atoms with Gasteiger partial charge in [0.25, 0.3) is 0 Å². The van der Waals surface area contributed by atoms with Gasteiger partial charge in [-0.2, -0.15) is 13.2 Å². The SMILES string of the molecule is CC(C)[C@]1(C(=O)N2COc3ccc(C(F)(F)F)cc3C2)CC[C@@H](N2CCC(O)CC2)C1. The number of likely N-dealkylation sites (tertiary alicyclic amines) is 1. The number of hydrogen-bond acceptors (Lipinski definition) is 4. The summed E-state index contributed by atoms with van der Waals surface area (Å²) in [7, 11) is 0. The molecule has 2 heterocycles. The number of ether oxygens (including phenoxy) is 1. The number of benzene rings is 1. The van der Waals surface area contributed by atoms with Crippen molar-refractivity contribution in [2.24, 2.45) is 11.3 Å². The summed E-state index contributed by atoms with van der Waals surface area (Å²) in [5.74, 6) is 0.500. The highest BCUT2D eigenvalue weighted by atomic mass is 19.4. The number of alkyl halides is 3. The summed E-state index contributed by atoms with van der Waals surface area (Å²) in [6.07, 6.45) is -0.717. The molecule has 172 valence electrons. The standard InChI is InChI=1S/C23H31F3N2O3/c1-15(2)22(8-5-18(12-22)27-9-6-19(29)7-10-27)21(30)28-13-16-11-17(23(24,25)26)3-4-20(16)31-14-28/h3-4,11,15,18-19,29H,5-10,12-14H2,1-2H3/t18-,22+/m1/s1. The van der Waals surface area contributed by atoms with Crippen molar-refractivity contribution in [2.75, 3.05) is 19.8 Å². The number of nitrogens with zero attached hydrogens (tertiary/aromatic N) is 2. The first-order chi connectivity index (χ1) is 14.6. The molecular formula is C23H31F3N2O3. The van der Waals surface area contributed by atoms with Crippen LogP contribution in [0.4, 0.5) is 13.2 Å². The van der Waals surface area contributed by atoms with E-state index >= 15 is 0 Å². The zero-order valence-corrected chi connectivity index (χ0v) is 18.1. The molecule has 8 heteroatoms. The lowest BCUT2D eigenvalue weighted by atomic mass is 9.74. The van der Waals surface area contributed by atoms with E-state index in [1.807, 2.05) is 0 Å². The topological polar surface area (TPSA) is 53.0 Å². The molecule has 0 unspecified atom stereocenters. The van der Waals surface area contributed by atoms with Gasteiger partial charge >= 0.3 is 6.18 Å². The van der Waals surface area contributed by atoms with Crippen LogP contribution in [-0.2, 0) is 17.5 Å². The number of fused-ring (bicyclic) bond motifs is 1. The molecule has 3 aliphatic rings. The average molecular weight is 441 g/mol. The quantitative estimate of drug-likeness (QED) is 0.771. The minimum atomic E-state index is -4.43. The highest BCUT2D eigenvalue weighted by molar-refractivity contribution is 5.83. The van der Waals surface area contributed by atoms with Crippen LogP contribution >= 0.6 is 0 Å². The number of amides is 1. The summed E-state index contributed by atoms with van der Waals surface area (Å²) >= 11 is 0. The molecule has 1 aromatic rings. The first-order valence-electron chi connectivity index (χ1n) is 11.1.